The zero-order chi connectivity index (χ0) is 16.8. The number of nitro benzene ring substituents is 1. The van der Waals surface area contributed by atoms with Gasteiger partial charge in [-0.25, -0.2) is 9.18 Å². The number of nitro groups is 1. The summed E-state index contributed by atoms with van der Waals surface area (Å²) < 4.78 is 18.2. The lowest BCUT2D eigenvalue weighted by atomic mass is 10.1. The second kappa shape index (κ2) is 7.13. The SMILES string of the molecule is C=C/C=C(/C(=O)Oc1ccc([N+](=O)[O-])cc1)c1ccc(F)cc1. The van der Waals surface area contributed by atoms with Gasteiger partial charge < -0.3 is 4.74 Å². The van der Waals surface area contributed by atoms with Crippen molar-refractivity contribution in [1.29, 1.82) is 0 Å². The highest BCUT2D eigenvalue weighted by molar-refractivity contribution is 6.17. The van der Waals surface area contributed by atoms with E-state index in [1.807, 2.05) is 0 Å². The summed E-state index contributed by atoms with van der Waals surface area (Å²) in [4.78, 5) is 22.3. The standard InChI is InChI=1S/C17H12FNO4/c1-2-3-16(12-4-6-13(18)7-5-12)17(20)23-15-10-8-14(9-11-15)19(21)22/h2-11H,1H2/b16-3+. The van der Waals surface area contributed by atoms with Crippen molar-refractivity contribution in [2.24, 2.45) is 0 Å². The smallest absolute Gasteiger partial charge is 0.344 e. The predicted octanol–water partition coefficient (Wildman–Crippen LogP) is 3.91. The zero-order valence-corrected chi connectivity index (χ0v) is 11.9. The number of carbonyl (C=O) groups excluding carboxylic acids is 1. The molecule has 5 nitrogen and oxygen atoms in total. The van der Waals surface area contributed by atoms with E-state index >= 15 is 0 Å². The van der Waals surface area contributed by atoms with Gasteiger partial charge in [0.2, 0.25) is 0 Å². The van der Waals surface area contributed by atoms with Crippen molar-refractivity contribution in [3.63, 3.8) is 0 Å². The summed E-state index contributed by atoms with van der Waals surface area (Å²) in [7, 11) is 0. The lowest BCUT2D eigenvalue weighted by Gasteiger charge is -2.08. The monoisotopic (exact) mass is 313 g/mol. The number of rotatable bonds is 5. The van der Waals surface area contributed by atoms with Crippen LogP contribution in [0.4, 0.5) is 10.1 Å². The summed E-state index contributed by atoms with van der Waals surface area (Å²) in [6.45, 7) is 3.53. The minimum Gasteiger partial charge on any atom is -0.423 e. The number of hydrogen-bond acceptors (Lipinski definition) is 4. The molecule has 0 radical (unpaired) electrons. The molecule has 0 saturated carbocycles. The van der Waals surface area contributed by atoms with Crippen molar-refractivity contribution in [3.8, 4) is 5.75 Å². The zero-order valence-electron chi connectivity index (χ0n) is 11.9. The van der Waals surface area contributed by atoms with Gasteiger partial charge in [-0.05, 0) is 35.9 Å². The molecule has 23 heavy (non-hydrogen) atoms. The summed E-state index contributed by atoms with van der Waals surface area (Å²) >= 11 is 0. The van der Waals surface area contributed by atoms with Crippen molar-refractivity contribution in [1.82, 2.24) is 0 Å². The van der Waals surface area contributed by atoms with Crippen LogP contribution < -0.4 is 4.74 Å². The summed E-state index contributed by atoms with van der Waals surface area (Å²) in [5.41, 5.74) is 0.557. The molecule has 0 aliphatic carbocycles. The Bertz CT molecular complexity index is 764. The van der Waals surface area contributed by atoms with Gasteiger partial charge in [-0.1, -0.05) is 24.8 Å². The van der Waals surface area contributed by atoms with Crippen LogP contribution in [0.25, 0.3) is 5.57 Å². The highest BCUT2D eigenvalue weighted by atomic mass is 19.1. The Morgan fingerprint density at radius 1 is 1.13 bits per heavy atom. The van der Waals surface area contributed by atoms with Crippen molar-refractivity contribution >= 4 is 17.2 Å². The Labute approximate surface area is 131 Å². The van der Waals surface area contributed by atoms with Gasteiger partial charge in [0.05, 0.1) is 10.5 Å². The molecule has 0 aliphatic heterocycles. The van der Waals surface area contributed by atoms with E-state index in [1.54, 1.807) is 0 Å². The molecule has 2 aromatic carbocycles. The number of hydrogen-bond donors (Lipinski definition) is 0. The Morgan fingerprint density at radius 3 is 2.26 bits per heavy atom. The number of ether oxygens (including phenoxy) is 1. The maximum absolute atomic E-state index is 13.0. The van der Waals surface area contributed by atoms with Gasteiger partial charge in [-0.3, -0.25) is 10.1 Å². The molecule has 2 rings (SSSR count). The number of benzene rings is 2. The molecule has 116 valence electrons. The van der Waals surface area contributed by atoms with Crippen LogP contribution in [0.1, 0.15) is 5.56 Å². The number of allylic oxidation sites excluding steroid dienone is 2. The van der Waals surface area contributed by atoms with E-state index in [1.165, 1.54) is 60.7 Å². The molecule has 0 aliphatic rings. The predicted molar refractivity (Wildman–Crippen MR) is 83.3 cm³/mol. The molecular formula is C17H12FNO4. The first-order chi connectivity index (χ1) is 11.0. The van der Waals surface area contributed by atoms with Crippen LogP contribution in [-0.2, 0) is 4.79 Å². The van der Waals surface area contributed by atoms with Crippen molar-refractivity contribution < 1.29 is 18.8 Å². The maximum atomic E-state index is 13.0. The molecule has 0 unspecified atom stereocenters. The Kier molecular flexibility index (Phi) is 4.99. The molecule has 6 heteroatoms. The third kappa shape index (κ3) is 4.10. The molecule has 0 amide bonds. The first-order valence-electron chi connectivity index (χ1n) is 6.56. The van der Waals surface area contributed by atoms with Crippen LogP contribution in [0, 0.1) is 15.9 Å². The molecule has 0 aromatic heterocycles. The average molecular weight is 313 g/mol. The van der Waals surface area contributed by atoms with Gasteiger partial charge in [0.1, 0.15) is 11.6 Å². The van der Waals surface area contributed by atoms with Gasteiger partial charge in [0.25, 0.3) is 5.69 Å². The Hall–Kier alpha value is -3.28. The number of non-ortho nitro benzene ring substituents is 1. The fourth-order valence-corrected chi connectivity index (χ4v) is 1.83. The largest absolute Gasteiger partial charge is 0.423 e. The molecule has 0 heterocycles. The van der Waals surface area contributed by atoms with Crippen LogP contribution in [0.15, 0.2) is 67.3 Å². The minimum atomic E-state index is -0.676. The van der Waals surface area contributed by atoms with Crippen LogP contribution in [0.3, 0.4) is 0 Å². The van der Waals surface area contributed by atoms with Crippen molar-refractivity contribution in [2.75, 3.05) is 0 Å². The molecule has 0 atom stereocenters. The van der Waals surface area contributed by atoms with Gasteiger partial charge in [0, 0.05) is 12.1 Å². The molecule has 0 saturated heterocycles. The van der Waals surface area contributed by atoms with E-state index in [0.29, 0.717) is 5.56 Å². The second-order valence-electron chi connectivity index (χ2n) is 4.46. The summed E-state index contributed by atoms with van der Waals surface area (Å²) in [6.07, 6.45) is 2.86. The summed E-state index contributed by atoms with van der Waals surface area (Å²) in [6, 6.07) is 10.5. The van der Waals surface area contributed by atoms with E-state index in [0.717, 1.165) is 0 Å². The van der Waals surface area contributed by atoms with E-state index < -0.39 is 16.7 Å². The highest BCUT2D eigenvalue weighted by Gasteiger charge is 2.15. The summed E-state index contributed by atoms with van der Waals surface area (Å²) in [5, 5.41) is 10.6. The van der Waals surface area contributed by atoms with Crippen LogP contribution >= 0.6 is 0 Å². The van der Waals surface area contributed by atoms with Gasteiger partial charge >= 0.3 is 5.97 Å². The fourth-order valence-electron chi connectivity index (χ4n) is 1.83. The fraction of sp³-hybridized carbons (Fsp3) is 0. The van der Waals surface area contributed by atoms with Gasteiger partial charge in [-0.15, -0.1) is 0 Å². The molecule has 0 bridgehead atoms. The normalized spacial score (nSPS) is 10.9. The Balaban J connectivity index is 2.22. The lowest BCUT2D eigenvalue weighted by molar-refractivity contribution is -0.384. The molecule has 2 aromatic rings. The van der Waals surface area contributed by atoms with E-state index in [-0.39, 0.29) is 17.0 Å². The molecule has 0 spiro atoms. The molecular weight excluding hydrogens is 301 g/mol. The topological polar surface area (TPSA) is 69.4 Å². The van der Waals surface area contributed by atoms with E-state index in [4.69, 9.17) is 4.74 Å². The van der Waals surface area contributed by atoms with Crippen molar-refractivity contribution in [2.45, 2.75) is 0 Å². The van der Waals surface area contributed by atoms with Crippen LogP contribution in [0.2, 0.25) is 0 Å². The Morgan fingerprint density at radius 2 is 1.74 bits per heavy atom. The quantitative estimate of drug-likeness (QED) is 0.209. The lowest BCUT2D eigenvalue weighted by Crippen LogP contribution is -2.10. The highest BCUT2D eigenvalue weighted by Crippen LogP contribution is 2.21. The minimum absolute atomic E-state index is 0.106. The average Bonchev–Trinajstić information content (AvgIpc) is 2.54. The maximum Gasteiger partial charge on any atom is 0.344 e. The first-order valence-corrected chi connectivity index (χ1v) is 6.56. The van der Waals surface area contributed by atoms with E-state index in [2.05, 4.69) is 6.58 Å². The third-order valence-corrected chi connectivity index (χ3v) is 2.92. The second-order valence-corrected chi connectivity index (χ2v) is 4.46. The van der Waals surface area contributed by atoms with Gasteiger partial charge in [0.15, 0.2) is 0 Å². The van der Waals surface area contributed by atoms with E-state index in [9.17, 15) is 19.3 Å². The van der Waals surface area contributed by atoms with Gasteiger partial charge in [-0.2, -0.15) is 0 Å². The molecule has 0 N–H and O–H groups in total. The number of nitrogens with zero attached hydrogens (tertiary/aromatic N) is 1. The van der Waals surface area contributed by atoms with Crippen LogP contribution in [-0.4, -0.2) is 10.9 Å². The number of halogens is 1. The summed E-state index contributed by atoms with van der Waals surface area (Å²) in [5.74, 6) is -0.932. The first kappa shape index (κ1) is 16.1. The number of carbonyl (C=O) groups is 1. The van der Waals surface area contributed by atoms with Crippen LogP contribution in [0.5, 0.6) is 5.75 Å². The number of esters is 1. The molecule has 0 fully saturated rings. The van der Waals surface area contributed by atoms with Crippen molar-refractivity contribution in [3.05, 3.63) is 88.8 Å². The third-order valence-electron chi connectivity index (χ3n) is 2.92.